The number of benzene rings is 1. The monoisotopic (exact) mass is 527 g/mol. The molecule has 0 saturated carbocycles. The Hall–Kier alpha value is -0.270. The summed E-state index contributed by atoms with van der Waals surface area (Å²) in [6.45, 7) is 0.638. The van der Waals surface area contributed by atoms with Crippen molar-refractivity contribution in [1.82, 2.24) is 0 Å². The SMILES string of the molecule is COCCOc1c(I)cc(C(O)C(F)(F)C(=O)[O-])cc1I. The number of rotatable bonds is 7. The van der Waals surface area contributed by atoms with E-state index in [1.54, 1.807) is 0 Å². The number of ether oxygens (including phenoxy) is 2. The van der Waals surface area contributed by atoms with Gasteiger partial charge in [0.25, 0.3) is 0 Å². The van der Waals surface area contributed by atoms with Crippen LogP contribution in [0, 0.1) is 7.14 Å². The van der Waals surface area contributed by atoms with E-state index < -0.39 is 18.0 Å². The summed E-state index contributed by atoms with van der Waals surface area (Å²) in [4.78, 5) is 10.4. The van der Waals surface area contributed by atoms with E-state index in [4.69, 9.17) is 9.47 Å². The molecule has 1 rings (SSSR count). The summed E-state index contributed by atoms with van der Waals surface area (Å²) in [5, 5.41) is 19.9. The van der Waals surface area contributed by atoms with Gasteiger partial charge in [-0.15, -0.1) is 0 Å². The lowest BCUT2D eigenvalue weighted by atomic mass is 10.0. The molecule has 0 aliphatic rings. The molecule has 0 spiro atoms. The predicted molar refractivity (Wildman–Crippen MR) is 84.2 cm³/mol. The second-order valence-corrected chi connectivity index (χ2v) is 6.29. The molecule has 1 aromatic carbocycles. The highest BCUT2D eigenvalue weighted by Gasteiger charge is 2.41. The minimum Gasteiger partial charge on any atom is -0.544 e. The van der Waals surface area contributed by atoms with Crippen LogP contribution in [0.25, 0.3) is 0 Å². The van der Waals surface area contributed by atoms with Crippen LogP contribution in [0.1, 0.15) is 11.7 Å². The third-order valence-electron chi connectivity index (χ3n) is 2.49. The van der Waals surface area contributed by atoms with Crippen LogP contribution in [-0.2, 0) is 9.53 Å². The van der Waals surface area contributed by atoms with Gasteiger partial charge in [-0.1, -0.05) is 0 Å². The van der Waals surface area contributed by atoms with Crippen molar-refractivity contribution in [3.63, 3.8) is 0 Å². The Bertz CT molecular complexity index is 501. The lowest BCUT2D eigenvalue weighted by Crippen LogP contribution is -2.45. The normalized spacial score (nSPS) is 13.0. The molecule has 5 nitrogen and oxygen atoms in total. The minimum atomic E-state index is -4.37. The summed E-state index contributed by atoms with van der Waals surface area (Å²) < 4.78 is 37.8. The molecule has 118 valence electrons. The molecule has 1 aromatic rings. The summed E-state index contributed by atoms with van der Waals surface area (Å²) in [5.74, 6) is -6.54. The molecular weight excluding hydrogens is 516 g/mol. The van der Waals surface area contributed by atoms with E-state index in [0.717, 1.165) is 0 Å². The molecule has 0 heterocycles. The van der Waals surface area contributed by atoms with Gasteiger partial charge in [0.05, 0.1) is 13.7 Å². The summed E-state index contributed by atoms with van der Waals surface area (Å²) in [6, 6.07) is 2.48. The maximum atomic E-state index is 13.3. The zero-order valence-corrected chi connectivity index (χ0v) is 15.1. The number of aliphatic hydroxyl groups excluding tert-OH is 1. The van der Waals surface area contributed by atoms with E-state index in [2.05, 4.69) is 0 Å². The topological polar surface area (TPSA) is 78.8 Å². The molecule has 21 heavy (non-hydrogen) atoms. The average Bonchev–Trinajstić information content (AvgIpc) is 2.40. The predicted octanol–water partition coefficient (Wildman–Crippen LogP) is 1.34. The van der Waals surface area contributed by atoms with Crippen molar-refractivity contribution in [1.29, 1.82) is 0 Å². The quantitative estimate of drug-likeness (QED) is 0.428. The van der Waals surface area contributed by atoms with E-state index in [1.807, 2.05) is 45.2 Å². The summed E-state index contributed by atoms with van der Waals surface area (Å²) in [7, 11) is 1.51. The molecular formula is C12H11F2I2O5-. The smallest absolute Gasteiger partial charge is 0.316 e. The lowest BCUT2D eigenvalue weighted by Gasteiger charge is -2.24. The second-order valence-electron chi connectivity index (χ2n) is 3.97. The fraction of sp³-hybridized carbons (Fsp3) is 0.417. The van der Waals surface area contributed by atoms with Crippen LogP contribution in [0.15, 0.2) is 12.1 Å². The molecule has 0 aliphatic heterocycles. The van der Waals surface area contributed by atoms with Crippen LogP contribution in [0.4, 0.5) is 8.78 Å². The molecule has 0 aliphatic carbocycles. The van der Waals surface area contributed by atoms with E-state index in [1.165, 1.54) is 19.2 Å². The lowest BCUT2D eigenvalue weighted by molar-refractivity contribution is -0.336. The van der Waals surface area contributed by atoms with Gasteiger partial charge in [0.15, 0.2) is 0 Å². The summed E-state index contributed by atoms with van der Waals surface area (Å²) in [5.41, 5.74) is -0.225. The van der Waals surface area contributed by atoms with Crippen LogP contribution in [-0.4, -0.2) is 37.3 Å². The Morgan fingerprint density at radius 3 is 2.33 bits per heavy atom. The molecule has 9 heteroatoms. The van der Waals surface area contributed by atoms with Crippen molar-refractivity contribution >= 4 is 51.2 Å². The molecule has 1 N–H and O–H groups in total. The number of aliphatic carboxylic acids is 1. The number of carboxylic acid groups (broad SMARTS) is 1. The Balaban J connectivity index is 3.05. The van der Waals surface area contributed by atoms with Gasteiger partial charge in [-0.25, -0.2) is 0 Å². The standard InChI is InChI=1S/C12H12F2I2O5/c1-20-2-3-21-9-7(15)4-6(5-8(9)16)10(17)12(13,14)11(18)19/h4-5,10,17H,2-3H2,1H3,(H,18,19)/p-1. The first-order valence-electron chi connectivity index (χ1n) is 5.59. The molecule has 0 amide bonds. The third kappa shape index (κ3) is 4.60. The number of hydrogen-bond acceptors (Lipinski definition) is 5. The average molecular weight is 527 g/mol. The van der Waals surface area contributed by atoms with Gasteiger partial charge in [0, 0.05) is 7.11 Å². The number of carbonyl (C=O) groups excluding carboxylic acids is 1. The minimum absolute atomic E-state index is 0.225. The highest BCUT2D eigenvalue weighted by Crippen LogP contribution is 2.36. The fourth-order valence-corrected chi connectivity index (χ4v) is 3.55. The maximum absolute atomic E-state index is 13.3. The Morgan fingerprint density at radius 2 is 1.90 bits per heavy atom. The summed E-state index contributed by atoms with van der Waals surface area (Å²) >= 11 is 3.71. The van der Waals surface area contributed by atoms with Gasteiger partial charge >= 0.3 is 5.92 Å². The molecule has 0 saturated heterocycles. The van der Waals surface area contributed by atoms with Gasteiger partial charge in [-0.3, -0.25) is 0 Å². The van der Waals surface area contributed by atoms with Gasteiger partial charge in [0.2, 0.25) is 0 Å². The zero-order chi connectivity index (χ0) is 16.2. The van der Waals surface area contributed by atoms with Crippen molar-refractivity contribution < 1.29 is 33.3 Å². The number of carboxylic acids is 1. The molecule has 0 bridgehead atoms. The molecule has 1 atom stereocenters. The molecule has 0 aromatic heterocycles. The zero-order valence-electron chi connectivity index (χ0n) is 10.7. The number of methoxy groups -OCH3 is 1. The number of hydrogen-bond donors (Lipinski definition) is 1. The van der Waals surface area contributed by atoms with Gasteiger partial charge < -0.3 is 24.5 Å². The van der Waals surface area contributed by atoms with E-state index in [-0.39, 0.29) is 12.2 Å². The number of alkyl halides is 2. The first kappa shape index (κ1) is 18.8. The summed E-state index contributed by atoms with van der Waals surface area (Å²) in [6.07, 6.45) is -2.49. The van der Waals surface area contributed by atoms with E-state index >= 15 is 0 Å². The Kier molecular flexibility index (Phi) is 7.00. The van der Waals surface area contributed by atoms with Gasteiger partial charge in [0.1, 0.15) is 24.4 Å². The van der Waals surface area contributed by atoms with Crippen molar-refractivity contribution in [3.8, 4) is 5.75 Å². The van der Waals surface area contributed by atoms with E-state index in [9.17, 15) is 23.8 Å². The molecule has 1 unspecified atom stereocenters. The first-order chi connectivity index (χ1) is 9.71. The van der Waals surface area contributed by atoms with Crippen LogP contribution in [0.3, 0.4) is 0 Å². The Morgan fingerprint density at radius 1 is 1.38 bits per heavy atom. The van der Waals surface area contributed by atoms with Crippen LogP contribution >= 0.6 is 45.2 Å². The third-order valence-corrected chi connectivity index (χ3v) is 4.09. The largest absolute Gasteiger partial charge is 0.544 e. The van der Waals surface area contributed by atoms with Crippen molar-refractivity contribution in [3.05, 3.63) is 24.8 Å². The van der Waals surface area contributed by atoms with Gasteiger partial charge in [-0.2, -0.15) is 8.78 Å². The van der Waals surface area contributed by atoms with Crippen LogP contribution in [0.2, 0.25) is 0 Å². The highest BCUT2D eigenvalue weighted by molar-refractivity contribution is 14.1. The number of halogens is 4. The van der Waals surface area contributed by atoms with Crippen LogP contribution in [0.5, 0.6) is 5.75 Å². The number of carbonyl (C=O) groups is 1. The molecule has 0 radical (unpaired) electrons. The van der Waals surface area contributed by atoms with E-state index in [0.29, 0.717) is 19.5 Å². The fourth-order valence-electron chi connectivity index (χ4n) is 1.42. The van der Waals surface area contributed by atoms with Crippen molar-refractivity contribution in [2.24, 2.45) is 0 Å². The Labute approximate surface area is 146 Å². The maximum Gasteiger partial charge on any atom is 0.316 e. The van der Waals surface area contributed by atoms with Crippen LogP contribution < -0.4 is 9.84 Å². The van der Waals surface area contributed by atoms with Gasteiger partial charge in [-0.05, 0) is 62.9 Å². The first-order valence-corrected chi connectivity index (χ1v) is 7.75. The molecule has 0 fully saturated rings. The highest BCUT2D eigenvalue weighted by atomic mass is 127. The second kappa shape index (κ2) is 7.83. The van der Waals surface area contributed by atoms with Crippen molar-refractivity contribution in [2.45, 2.75) is 12.0 Å². The number of aliphatic hydroxyl groups is 1. The van der Waals surface area contributed by atoms with Crippen molar-refractivity contribution in [2.75, 3.05) is 20.3 Å².